The number of hydrogen-bond donors (Lipinski definition) is 0. The van der Waals surface area contributed by atoms with Gasteiger partial charge in [0, 0.05) is 60.4 Å². The minimum atomic E-state index is -0.263. The lowest BCUT2D eigenvalue weighted by Gasteiger charge is -2.19. The summed E-state index contributed by atoms with van der Waals surface area (Å²) in [6.07, 6.45) is 5.25. The first-order valence-corrected chi connectivity index (χ1v) is 12.1. The predicted octanol–water partition coefficient (Wildman–Crippen LogP) is 6.53. The largest absolute Gasteiger partial charge is 0.490 e. The van der Waals surface area contributed by atoms with Crippen LogP contribution < -0.4 is 4.74 Å². The van der Waals surface area contributed by atoms with E-state index in [2.05, 4.69) is 20.9 Å². The van der Waals surface area contributed by atoms with Crippen molar-refractivity contribution in [2.24, 2.45) is 0 Å². The van der Waals surface area contributed by atoms with Crippen molar-refractivity contribution in [2.75, 3.05) is 13.2 Å². The topological polar surface area (TPSA) is 67.0 Å². The average Bonchev–Trinajstić information content (AvgIpc) is 3.19. The van der Waals surface area contributed by atoms with E-state index in [1.54, 1.807) is 18.5 Å². The van der Waals surface area contributed by atoms with Crippen LogP contribution in [0.3, 0.4) is 0 Å². The van der Waals surface area contributed by atoms with E-state index < -0.39 is 0 Å². The van der Waals surface area contributed by atoms with Crippen LogP contribution in [0, 0.1) is 17.1 Å². The zero-order valence-corrected chi connectivity index (χ0v) is 21.2. The molecule has 182 valence electrons. The van der Waals surface area contributed by atoms with Gasteiger partial charge in [-0.15, -0.1) is 0 Å². The van der Waals surface area contributed by atoms with Gasteiger partial charge in [-0.25, -0.2) is 14.4 Å². The second-order valence-corrected chi connectivity index (χ2v) is 7.80. The third-order valence-electron chi connectivity index (χ3n) is 5.30. The molecule has 0 atom stereocenters. The zero-order chi connectivity index (χ0) is 25.4. The molecule has 1 aliphatic rings. The summed E-state index contributed by atoms with van der Waals surface area (Å²) >= 11 is 6.59. The third kappa shape index (κ3) is 5.97. The Hall–Kier alpha value is -3.47. The fraction of sp³-hybridized carbons (Fsp3) is 0.296. The number of rotatable bonds is 3. The molecule has 3 heterocycles. The molecule has 5 rings (SSSR count). The summed E-state index contributed by atoms with van der Waals surface area (Å²) in [6.45, 7) is 10.5. The lowest BCUT2D eigenvalue weighted by molar-refractivity contribution is 0.219. The molecule has 4 aromatic rings. The van der Waals surface area contributed by atoms with Crippen LogP contribution in [0.15, 0.2) is 55.0 Å². The molecule has 6 nitrogen and oxygen atoms in total. The summed E-state index contributed by atoms with van der Waals surface area (Å²) in [5.41, 5.74) is 3.68. The fourth-order valence-electron chi connectivity index (χ4n) is 3.88. The average molecular weight is 494 g/mol. The summed E-state index contributed by atoms with van der Waals surface area (Å²) in [5, 5.41) is 10.2. The molecule has 0 radical (unpaired) electrons. The van der Waals surface area contributed by atoms with Gasteiger partial charge in [0.2, 0.25) is 5.82 Å². The second-order valence-electron chi connectivity index (χ2n) is 7.39. The predicted molar refractivity (Wildman–Crippen MR) is 137 cm³/mol. The molecular weight excluding hydrogens is 465 g/mol. The molecule has 0 spiro atoms. The highest BCUT2D eigenvalue weighted by Gasteiger charge is 2.20. The summed E-state index contributed by atoms with van der Waals surface area (Å²) in [6, 6.07) is 12.5. The molecule has 8 heteroatoms. The summed E-state index contributed by atoms with van der Waals surface area (Å²) in [5.74, 6) is 0.580. The maximum Gasteiger partial charge on any atom is 0.232 e. The smallest absolute Gasteiger partial charge is 0.232 e. The van der Waals surface area contributed by atoms with Crippen molar-refractivity contribution in [3.8, 4) is 17.5 Å². The standard InChI is InChI=1S/C23H17ClFN5O.2C2H6/c24-20-9-19(30-4-3-16-7-18(25)1-2-21(16)30)8-17-14-29(5-6-31-23(17)20)13-15-11-27-22(10-26)28-12-15;2*1-2/h1-4,7-9,11-12H,5-6,13-14H2;2*1-2H3. The maximum absolute atomic E-state index is 13.6. The van der Waals surface area contributed by atoms with Gasteiger partial charge in [0.25, 0.3) is 0 Å². The van der Waals surface area contributed by atoms with E-state index in [0.717, 1.165) is 27.7 Å². The van der Waals surface area contributed by atoms with E-state index in [1.165, 1.54) is 12.1 Å². The summed E-state index contributed by atoms with van der Waals surface area (Å²) in [7, 11) is 0. The van der Waals surface area contributed by atoms with Crippen LogP contribution in [0.5, 0.6) is 5.75 Å². The number of fused-ring (bicyclic) bond motifs is 2. The van der Waals surface area contributed by atoms with Gasteiger partial charge in [-0.05, 0) is 36.4 Å². The van der Waals surface area contributed by atoms with Crippen LogP contribution in [0.4, 0.5) is 4.39 Å². The molecule has 35 heavy (non-hydrogen) atoms. The van der Waals surface area contributed by atoms with Crippen LogP contribution in [0.1, 0.15) is 44.6 Å². The molecule has 2 aromatic carbocycles. The quantitative estimate of drug-likeness (QED) is 0.324. The van der Waals surface area contributed by atoms with Crippen molar-refractivity contribution in [3.63, 3.8) is 0 Å². The normalized spacial score (nSPS) is 12.7. The molecule has 0 bridgehead atoms. The minimum Gasteiger partial charge on any atom is -0.490 e. The third-order valence-corrected chi connectivity index (χ3v) is 5.58. The van der Waals surface area contributed by atoms with Gasteiger partial charge in [0.15, 0.2) is 0 Å². The SMILES string of the molecule is CC.CC.N#Cc1ncc(CN2CCOc3c(Cl)cc(-n4ccc5cc(F)ccc54)cc3C2)cn1. The number of hydrogen-bond acceptors (Lipinski definition) is 5. The number of halogens is 2. The summed E-state index contributed by atoms with van der Waals surface area (Å²) < 4.78 is 21.5. The molecule has 0 amide bonds. The van der Waals surface area contributed by atoms with Crippen LogP contribution >= 0.6 is 11.6 Å². The monoisotopic (exact) mass is 493 g/mol. The van der Waals surface area contributed by atoms with E-state index in [9.17, 15) is 4.39 Å². The van der Waals surface area contributed by atoms with Gasteiger partial charge in [-0.3, -0.25) is 4.90 Å². The van der Waals surface area contributed by atoms with E-state index >= 15 is 0 Å². The zero-order valence-electron chi connectivity index (χ0n) is 20.4. The number of ether oxygens (including phenoxy) is 1. The molecule has 0 fully saturated rings. The Labute approximate surface area is 210 Å². The first-order valence-electron chi connectivity index (χ1n) is 11.8. The van der Waals surface area contributed by atoms with Gasteiger partial charge in [0.1, 0.15) is 24.2 Å². The van der Waals surface area contributed by atoms with Crippen LogP contribution in [0.2, 0.25) is 5.02 Å². The van der Waals surface area contributed by atoms with Crippen LogP contribution in [-0.2, 0) is 13.1 Å². The lowest BCUT2D eigenvalue weighted by Crippen LogP contribution is -2.25. The van der Waals surface area contributed by atoms with E-state index in [0.29, 0.717) is 37.0 Å². The Balaban J connectivity index is 0.000000815. The Morgan fingerprint density at radius 1 is 1.09 bits per heavy atom. The van der Waals surface area contributed by atoms with Crippen molar-refractivity contribution in [2.45, 2.75) is 40.8 Å². The van der Waals surface area contributed by atoms with E-state index in [1.807, 2.05) is 56.7 Å². The first kappa shape index (κ1) is 26.1. The van der Waals surface area contributed by atoms with E-state index in [4.69, 9.17) is 21.6 Å². The van der Waals surface area contributed by atoms with Gasteiger partial charge in [-0.1, -0.05) is 39.3 Å². The Kier molecular flexibility index (Phi) is 9.18. The first-order chi connectivity index (χ1) is 17.1. The van der Waals surface area contributed by atoms with Gasteiger partial charge in [-0.2, -0.15) is 5.26 Å². The Morgan fingerprint density at radius 3 is 2.54 bits per heavy atom. The molecule has 0 saturated heterocycles. The molecule has 0 unspecified atom stereocenters. The highest BCUT2D eigenvalue weighted by atomic mass is 35.5. The summed E-state index contributed by atoms with van der Waals surface area (Å²) in [4.78, 5) is 10.3. The lowest BCUT2D eigenvalue weighted by atomic mass is 10.1. The van der Waals surface area contributed by atoms with Gasteiger partial charge in [0.05, 0.1) is 10.5 Å². The molecule has 0 aliphatic carbocycles. The van der Waals surface area contributed by atoms with Crippen LogP contribution in [-0.4, -0.2) is 32.6 Å². The Bertz CT molecular complexity index is 1310. The van der Waals surface area contributed by atoms with Crippen molar-refractivity contribution in [1.82, 2.24) is 19.4 Å². The highest BCUT2D eigenvalue weighted by Crippen LogP contribution is 2.35. The van der Waals surface area contributed by atoms with Gasteiger partial charge < -0.3 is 9.30 Å². The molecule has 0 N–H and O–H groups in total. The number of nitriles is 1. The van der Waals surface area contributed by atoms with Crippen LogP contribution in [0.25, 0.3) is 16.6 Å². The van der Waals surface area contributed by atoms with E-state index in [-0.39, 0.29) is 11.6 Å². The maximum atomic E-state index is 13.6. The minimum absolute atomic E-state index is 0.156. The molecular formula is C27H29ClFN5O. The number of benzene rings is 2. The van der Waals surface area contributed by atoms with Crippen molar-refractivity contribution in [3.05, 3.63) is 82.8 Å². The Morgan fingerprint density at radius 2 is 1.83 bits per heavy atom. The number of nitrogens with zero attached hydrogens (tertiary/aromatic N) is 5. The van der Waals surface area contributed by atoms with Crippen molar-refractivity contribution in [1.29, 1.82) is 5.26 Å². The molecule has 0 saturated carbocycles. The van der Waals surface area contributed by atoms with Crippen molar-refractivity contribution >= 4 is 22.5 Å². The number of aromatic nitrogens is 3. The molecule has 1 aliphatic heterocycles. The second kappa shape index (κ2) is 12.3. The fourth-order valence-corrected chi connectivity index (χ4v) is 4.16. The van der Waals surface area contributed by atoms with Crippen molar-refractivity contribution < 1.29 is 9.13 Å². The molecule has 2 aromatic heterocycles. The highest BCUT2D eigenvalue weighted by molar-refractivity contribution is 6.32. The van der Waals surface area contributed by atoms with Gasteiger partial charge >= 0.3 is 0 Å².